The van der Waals surface area contributed by atoms with E-state index in [4.69, 9.17) is 0 Å². The van der Waals surface area contributed by atoms with Crippen molar-refractivity contribution in [3.05, 3.63) is 30.6 Å². The summed E-state index contributed by atoms with van der Waals surface area (Å²) in [4.78, 5) is 11.8. The van der Waals surface area contributed by atoms with Crippen LogP contribution >= 0.6 is 0 Å². The number of hydrogen-bond acceptors (Lipinski definition) is 2. The van der Waals surface area contributed by atoms with Crippen LogP contribution in [0.4, 0.5) is 10.5 Å². The summed E-state index contributed by atoms with van der Waals surface area (Å²) >= 11 is 0. The maximum Gasteiger partial charge on any atom is 0.319 e. The zero-order valence-corrected chi connectivity index (χ0v) is 10.7. The van der Waals surface area contributed by atoms with Crippen LogP contribution in [-0.4, -0.2) is 21.7 Å². The number of carbonyl (C=O) groups is 1. The first-order chi connectivity index (χ1) is 8.72. The van der Waals surface area contributed by atoms with Crippen LogP contribution < -0.4 is 10.6 Å². The molecule has 2 N–H and O–H groups in total. The molecule has 0 saturated carbocycles. The minimum atomic E-state index is -0.160. The molecule has 0 radical (unpaired) electrons. The van der Waals surface area contributed by atoms with Crippen molar-refractivity contribution in [3.63, 3.8) is 0 Å². The quantitative estimate of drug-likeness (QED) is 0.871. The van der Waals surface area contributed by atoms with Gasteiger partial charge in [-0.3, -0.25) is 0 Å². The van der Waals surface area contributed by atoms with Crippen molar-refractivity contribution in [2.24, 2.45) is 0 Å². The average molecular weight is 246 g/mol. The van der Waals surface area contributed by atoms with Gasteiger partial charge in [0.05, 0.1) is 5.52 Å². The molecule has 0 bridgehead atoms. The van der Waals surface area contributed by atoms with Crippen molar-refractivity contribution in [2.45, 2.75) is 32.7 Å². The van der Waals surface area contributed by atoms with Gasteiger partial charge >= 0.3 is 6.03 Å². The highest BCUT2D eigenvalue weighted by atomic mass is 16.2. The molecule has 0 atom stereocenters. The molecule has 0 aliphatic carbocycles. The molecule has 0 fully saturated rings. The van der Waals surface area contributed by atoms with E-state index in [1.165, 1.54) is 0 Å². The number of fused-ring (bicyclic) bond motifs is 1. The first-order valence-electron chi connectivity index (χ1n) is 6.23. The fourth-order valence-electron chi connectivity index (χ4n) is 1.84. The summed E-state index contributed by atoms with van der Waals surface area (Å²) in [6, 6.07) is 5.67. The Morgan fingerprint density at radius 1 is 1.39 bits per heavy atom. The molecule has 5 nitrogen and oxygen atoms in total. The smallest absolute Gasteiger partial charge is 0.319 e. The maximum atomic E-state index is 11.8. The Hall–Kier alpha value is -2.04. The highest BCUT2D eigenvalue weighted by Crippen LogP contribution is 2.11. The summed E-state index contributed by atoms with van der Waals surface area (Å²) in [7, 11) is 0. The van der Waals surface area contributed by atoms with E-state index in [9.17, 15) is 4.79 Å². The lowest BCUT2D eigenvalue weighted by Gasteiger charge is -2.15. The Morgan fingerprint density at radius 2 is 2.17 bits per heavy atom. The number of amides is 2. The van der Waals surface area contributed by atoms with E-state index < -0.39 is 0 Å². The van der Waals surface area contributed by atoms with Crippen molar-refractivity contribution in [3.8, 4) is 0 Å². The van der Waals surface area contributed by atoms with Crippen molar-refractivity contribution in [1.29, 1.82) is 0 Å². The van der Waals surface area contributed by atoms with Gasteiger partial charge in [-0.05, 0) is 31.0 Å². The Labute approximate surface area is 106 Å². The van der Waals surface area contributed by atoms with E-state index in [0.717, 1.165) is 24.0 Å². The lowest BCUT2D eigenvalue weighted by Crippen LogP contribution is -2.37. The number of hydrogen-bond donors (Lipinski definition) is 2. The minimum absolute atomic E-state index is 0.160. The Morgan fingerprint density at radius 3 is 2.89 bits per heavy atom. The summed E-state index contributed by atoms with van der Waals surface area (Å²) in [5, 5.41) is 9.87. The SMILES string of the molecule is CCC(CC)NC(=O)Nc1ccn2nccc2c1. The predicted octanol–water partition coefficient (Wildman–Crippen LogP) is 2.64. The van der Waals surface area contributed by atoms with Crippen molar-refractivity contribution < 1.29 is 4.79 Å². The largest absolute Gasteiger partial charge is 0.335 e. The number of nitrogens with one attached hydrogen (secondary N) is 2. The second kappa shape index (κ2) is 5.53. The summed E-state index contributed by atoms with van der Waals surface area (Å²) in [6.45, 7) is 4.12. The Bertz CT molecular complexity index is 531. The molecule has 0 aliphatic rings. The molecule has 0 aliphatic heterocycles. The third-order valence-electron chi connectivity index (χ3n) is 2.98. The highest BCUT2D eigenvalue weighted by molar-refractivity contribution is 5.90. The monoisotopic (exact) mass is 246 g/mol. The normalized spacial score (nSPS) is 10.8. The number of aromatic nitrogens is 2. The van der Waals surface area contributed by atoms with E-state index >= 15 is 0 Å². The van der Waals surface area contributed by atoms with Crippen LogP contribution in [0.25, 0.3) is 5.52 Å². The fourth-order valence-corrected chi connectivity index (χ4v) is 1.84. The topological polar surface area (TPSA) is 58.4 Å². The van der Waals surface area contributed by atoms with Crippen molar-refractivity contribution in [2.75, 3.05) is 5.32 Å². The van der Waals surface area contributed by atoms with Crippen molar-refractivity contribution in [1.82, 2.24) is 14.9 Å². The maximum absolute atomic E-state index is 11.8. The van der Waals surface area contributed by atoms with Gasteiger partial charge in [-0.25, -0.2) is 9.31 Å². The number of nitrogens with zero attached hydrogens (tertiary/aromatic N) is 2. The number of rotatable bonds is 4. The summed E-state index contributed by atoms with van der Waals surface area (Å²) < 4.78 is 1.75. The lowest BCUT2D eigenvalue weighted by atomic mass is 10.2. The molecular weight excluding hydrogens is 228 g/mol. The lowest BCUT2D eigenvalue weighted by molar-refractivity contribution is 0.247. The average Bonchev–Trinajstić information content (AvgIpc) is 2.83. The zero-order chi connectivity index (χ0) is 13.0. The van der Waals surface area contributed by atoms with E-state index in [2.05, 4.69) is 29.6 Å². The zero-order valence-electron chi connectivity index (χ0n) is 10.7. The van der Waals surface area contributed by atoms with Crippen LogP contribution in [-0.2, 0) is 0 Å². The van der Waals surface area contributed by atoms with E-state index in [1.54, 1.807) is 10.7 Å². The molecule has 2 amide bonds. The molecule has 2 aromatic heterocycles. The van der Waals surface area contributed by atoms with E-state index in [1.807, 2.05) is 24.4 Å². The molecule has 0 aromatic carbocycles. The van der Waals surface area contributed by atoms with E-state index in [0.29, 0.717) is 0 Å². The second-order valence-corrected chi connectivity index (χ2v) is 4.23. The van der Waals surface area contributed by atoms with Crippen LogP contribution in [0.2, 0.25) is 0 Å². The van der Waals surface area contributed by atoms with Crippen molar-refractivity contribution >= 4 is 17.2 Å². The molecule has 5 heteroatoms. The van der Waals surface area contributed by atoms with Gasteiger partial charge in [0.25, 0.3) is 0 Å². The van der Waals surface area contributed by atoms with Gasteiger partial charge in [0, 0.05) is 24.1 Å². The Balaban J connectivity index is 2.01. The third kappa shape index (κ3) is 2.80. The fraction of sp³-hybridized carbons (Fsp3) is 0.385. The molecule has 2 rings (SSSR count). The first kappa shape index (κ1) is 12.4. The van der Waals surface area contributed by atoms with Crippen LogP contribution in [0.1, 0.15) is 26.7 Å². The van der Waals surface area contributed by atoms with Gasteiger partial charge in [0.2, 0.25) is 0 Å². The number of carbonyl (C=O) groups excluding carboxylic acids is 1. The van der Waals surface area contributed by atoms with Crippen LogP contribution in [0.15, 0.2) is 30.6 Å². The molecule has 96 valence electrons. The first-order valence-corrected chi connectivity index (χ1v) is 6.23. The highest BCUT2D eigenvalue weighted by Gasteiger charge is 2.08. The summed E-state index contributed by atoms with van der Waals surface area (Å²) in [5.41, 5.74) is 1.72. The third-order valence-corrected chi connectivity index (χ3v) is 2.98. The van der Waals surface area contributed by atoms with Gasteiger partial charge in [-0.1, -0.05) is 13.8 Å². The molecule has 18 heavy (non-hydrogen) atoms. The van der Waals surface area contributed by atoms with Gasteiger partial charge in [0.1, 0.15) is 0 Å². The van der Waals surface area contributed by atoms with Gasteiger partial charge in [0.15, 0.2) is 0 Å². The number of pyridine rings is 1. The number of anilines is 1. The van der Waals surface area contributed by atoms with E-state index in [-0.39, 0.29) is 12.1 Å². The summed E-state index contributed by atoms with van der Waals surface area (Å²) in [6.07, 6.45) is 5.42. The molecule has 0 saturated heterocycles. The van der Waals surface area contributed by atoms with Crippen LogP contribution in [0.3, 0.4) is 0 Å². The summed E-state index contributed by atoms with van der Waals surface area (Å²) in [5.74, 6) is 0. The van der Waals surface area contributed by atoms with Gasteiger partial charge < -0.3 is 10.6 Å². The molecule has 2 aromatic rings. The molecule has 2 heterocycles. The standard InChI is InChI=1S/C13H18N4O/c1-3-10(4-2)15-13(18)16-11-6-8-17-12(9-11)5-7-14-17/h5-10H,3-4H2,1-2H3,(H2,15,16,18). The molecular formula is C13H18N4O. The predicted molar refractivity (Wildman–Crippen MR) is 71.7 cm³/mol. The molecule has 0 spiro atoms. The molecule has 0 unspecified atom stereocenters. The Kier molecular flexibility index (Phi) is 3.82. The minimum Gasteiger partial charge on any atom is -0.335 e. The van der Waals surface area contributed by atoms with Crippen LogP contribution in [0, 0.1) is 0 Å². The second-order valence-electron chi connectivity index (χ2n) is 4.23. The number of urea groups is 1. The van der Waals surface area contributed by atoms with Crippen LogP contribution in [0.5, 0.6) is 0 Å². The van der Waals surface area contributed by atoms with Gasteiger partial charge in [-0.2, -0.15) is 5.10 Å². The van der Waals surface area contributed by atoms with Gasteiger partial charge in [-0.15, -0.1) is 0 Å².